The van der Waals surface area contributed by atoms with Crippen LogP contribution in [0, 0.1) is 0 Å². The number of hydrogen-bond donors (Lipinski definition) is 3. The van der Waals surface area contributed by atoms with Gasteiger partial charge in [-0.2, -0.15) is 4.99 Å². The fourth-order valence-corrected chi connectivity index (χ4v) is 5.32. The zero-order valence-electron chi connectivity index (χ0n) is 20.8. The molecule has 38 heavy (non-hydrogen) atoms. The zero-order chi connectivity index (χ0) is 27.9. The molecule has 3 rings (SSSR count). The maximum Gasteiger partial charge on any atom is 0.350 e. The van der Waals surface area contributed by atoms with Crippen molar-refractivity contribution in [3.63, 3.8) is 0 Å². The lowest BCUT2D eigenvalue weighted by Crippen LogP contribution is -2.35. The molecule has 0 atom stereocenters. The molecule has 0 saturated carbocycles. The summed E-state index contributed by atoms with van der Waals surface area (Å²) >= 11 is 6.10. The SMILES string of the molecule is CCCN(CCNS(=O)(=O)c1ccc2c(c1)CCN2C(=O)/N=C(\CCC(=O)O)C(=O)O)c1cccc(Cl)c1. The van der Waals surface area contributed by atoms with E-state index in [1.54, 1.807) is 6.07 Å². The van der Waals surface area contributed by atoms with E-state index in [0.717, 1.165) is 18.7 Å². The monoisotopic (exact) mass is 564 g/mol. The highest BCUT2D eigenvalue weighted by Gasteiger charge is 2.27. The molecule has 0 saturated heterocycles. The minimum Gasteiger partial charge on any atom is -0.481 e. The Labute approximate surface area is 225 Å². The molecule has 0 radical (unpaired) electrons. The molecule has 0 spiro atoms. The molecule has 0 bridgehead atoms. The van der Waals surface area contributed by atoms with Gasteiger partial charge in [0, 0.05) is 49.0 Å². The highest BCUT2D eigenvalue weighted by molar-refractivity contribution is 7.89. The first-order valence-electron chi connectivity index (χ1n) is 12.0. The van der Waals surface area contributed by atoms with Gasteiger partial charge in [0.15, 0.2) is 0 Å². The maximum atomic E-state index is 13.0. The van der Waals surface area contributed by atoms with Crippen LogP contribution in [0.5, 0.6) is 0 Å². The van der Waals surface area contributed by atoms with Crippen molar-refractivity contribution in [3.05, 3.63) is 53.1 Å². The zero-order valence-corrected chi connectivity index (χ0v) is 22.3. The normalized spacial score (nSPS) is 13.3. The summed E-state index contributed by atoms with van der Waals surface area (Å²) in [7, 11) is -3.83. The number of carbonyl (C=O) groups is 3. The lowest BCUT2D eigenvalue weighted by Gasteiger charge is -2.24. The van der Waals surface area contributed by atoms with Gasteiger partial charge in [0.05, 0.1) is 11.3 Å². The average molecular weight is 565 g/mol. The molecule has 1 aliphatic heterocycles. The maximum absolute atomic E-state index is 13.0. The summed E-state index contributed by atoms with van der Waals surface area (Å²) in [5.74, 6) is -2.68. The van der Waals surface area contributed by atoms with Crippen LogP contribution in [0.4, 0.5) is 16.2 Å². The summed E-state index contributed by atoms with van der Waals surface area (Å²) < 4.78 is 28.5. The number of fused-ring (bicyclic) bond motifs is 1. The van der Waals surface area contributed by atoms with Gasteiger partial charge in [-0.15, -0.1) is 0 Å². The second-order valence-electron chi connectivity index (χ2n) is 8.60. The minimum absolute atomic E-state index is 0.0477. The Morgan fingerprint density at radius 3 is 2.53 bits per heavy atom. The summed E-state index contributed by atoms with van der Waals surface area (Å²) in [6, 6.07) is 10.9. The van der Waals surface area contributed by atoms with Crippen LogP contribution in [0.3, 0.4) is 0 Å². The van der Waals surface area contributed by atoms with Gasteiger partial charge in [0.25, 0.3) is 0 Å². The first-order chi connectivity index (χ1) is 18.0. The molecule has 2 aromatic rings. The highest BCUT2D eigenvalue weighted by atomic mass is 35.5. The fourth-order valence-electron chi connectivity index (χ4n) is 4.07. The van der Waals surface area contributed by atoms with Crippen molar-refractivity contribution in [2.24, 2.45) is 4.99 Å². The van der Waals surface area contributed by atoms with E-state index in [2.05, 4.69) is 9.71 Å². The van der Waals surface area contributed by atoms with Gasteiger partial charge >= 0.3 is 18.0 Å². The van der Waals surface area contributed by atoms with Crippen molar-refractivity contribution in [3.8, 4) is 0 Å². The Morgan fingerprint density at radius 1 is 1.11 bits per heavy atom. The number of carbonyl (C=O) groups excluding carboxylic acids is 1. The standard InChI is InChI=1S/C25H29ClN4O7S/c1-2-12-29(19-5-3-4-18(26)16-19)14-11-27-38(36,37)20-6-8-22-17(15-20)10-13-30(22)25(35)28-21(24(33)34)7-9-23(31)32/h3-6,8,15-16,27H,2,7,9-14H2,1H3,(H,31,32)(H,33,34)/b28-21+. The number of aliphatic carboxylic acids is 2. The quantitative estimate of drug-likeness (QED) is 0.331. The largest absolute Gasteiger partial charge is 0.481 e. The lowest BCUT2D eigenvalue weighted by atomic mass is 10.2. The number of hydrogen-bond acceptors (Lipinski definition) is 6. The second kappa shape index (κ2) is 12.9. The highest BCUT2D eigenvalue weighted by Crippen LogP contribution is 2.31. The first kappa shape index (κ1) is 29.1. The summed E-state index contributed by atoms with van der Waals surface area (Å²) in [6.07, 6.45) is 0.360. The summed E-state index contributed by atoms with van der Waals surface area (Å²) in [5.41, 5.74) is 1.38. The summed E-state index contributed by atoms with van der Waals surface area (Å²) in [5, 5.41) is 18.6. The molecule has 13 heteroatoms. The third-order valence-electron chi connectivity index (χ3n) is 5.88. The molecule has 0 aromatic heterocycles. The van der Waals surface area contributed by atoms with Gasteiger partial charge in [-0.3, -0.25) is 9.69 Å². The van der Waals surface area contributed by atoms with Gasteiger partial charge in [-0.1, -0.05) is 24.6 Å². The number of benzene rings is 2. The number of carboxylic acid groups (broad SMARTS) is 2. The molecule has 0 aliphatic carbocycles. The third-order valence-corrected chi connectivity index (χ3v) is 7.58. The van der Waals surface area contributed by atoms with E-state index in [4.69, 9.17) is 16.7 Å². The Kier molecular flexibility index (Phi) is 9.84. The number of amides is 2. The molecule has 0 unspecified atom stereocenters. The fraction of sp³-hybridized carbons (Fsp3) is 0.360. The average Bonchev–Trinajstić information content (AvgIpc) is 3.29. The van der Waals surface area contributed by atoms with Gasteiger partial charge in [0.1, 0.15) is 5.71 Å². The number of aliphatic imine (C=N–C) groups is 1. The van der Waals surface area contributed by atoms with Crippen LogP contribution >= 0.6 is 11.6 Å². The van der Waals surface area contributed by atoms with Gasteiger partial charge in [-0.05, 0) is 54.8 Å². The Bertz CT molecular complexity index is 1350. The molecule has 204 valence electrons. The van der Waals surface area contributed by atoms with E-state index >= 15 is 0 Å². The van der Waals surface area contributed by atoms with E-state index in [0.29, 0.717) is 29.2 Å². The first-order valence-corrected chi connectivity index (χ1v) is 13.8. The third kappa shape index (κ3) is 7.53. The van der Waals surface area contributed by atoms with Crippen LogP contribution in [-0.2, 0) is 26.0 Å². The number of nitrogens with one attached hydrogen (secondary N) is 1. The Morgan fingerprint density at radius 2 is 1.87 bits per heavy atom. The number of sulfonamides is 1. The van der Waals surface area contributed by atoms with Gasteiger partial charge in [0.2, 0.25) is 10.0 Å². The molecular formula is C25H29ClN4O7S. The van der Waals surface area contributed by atoms with E-state index in [9.17, 15) is 27.9 Å². The molecule has 1 aliphatic rings. The molecule has 2 amide bonds. The van der Waals surface area contributed by atoms with Crippen LogP contribution < -0.4 is 14.5 Å². The van der Waals surface area contributed by atoms with E-state index < -0.39 is 46.5 Å². The predicted molar refractivity (Wildman–Crippen MR) is 144 cm³/mol. The molecular weight excluding hydrogens is 536 g/mol. The number of halogens is 1. The van der Waals surface area contributed by atoms with Crippen LogP contribution in [0.25, 0.3) is 0 Å². The van der Waals surface area contributed by atoms with Crippen molar-refractivity contribution < 1.29 is 33.0 Å². The number of nitrogens with zero attached hydrogens (tertiary/aromatic N) is 3. The molecule has 0 fully saturated rings. The van der Waals surface area contributed by atoms with E-state index in [-0.39, 0.29) is 18.0 Å². The van der Waals surface area contributed by atoms with E-state index in [1.165, 1.54) is 23.1 Å². The van der Waals surface area contributed by atoms with Gasteiger partial charge < -0.3 is 15.1 Å². The number of anilines is 2. The summed E-state index contributed by atoms with van der Waals surface area (Å²) in [4.78, 5) is 41.7. The molecule has 2 aromatic carbocycles. The van der Waals surface area contributed by atoms with Crippen molar-refractivity contribution in [2.45, 2.75) is 37.5 Å². The van der Waals surface area contributed by atoms with Crippen molar-refractivity contribution >= 4 is 56.7 Å². The van der Waals surface area contributed by atoms with Crippen LogP contribution in [-0.4, -0.2) is 68.5 Å². The van der Waals surface area contributed by atoms with Crippen molar-refractivity contribution in [1.29, 1.82) is 0 Å². The topological polar surface area (TPSA) is 157 Å². The van der Waals surface area contributed by atoms with Crippen LogP contribution in [0.2, 0.25) is 5.02 Å². The minimum atomic E-state index is -3.83. The molecule has 11 nitrogen and oxygen atoms in total. The summed E-state index contributed by atoms with van der Waals surface area (Å²) in [6.45, 7) is 3.55. The molecule has 1 heterocycles. The number of rotatable bonds is 12. The number of urea groups is 1. The van der Waals surface area contributed by atoms with Gasteiger partial charge in [-0.25, -0.2) is 22.7 Å². The van der Waals surface area contributed by atoms with Crippen molar-refractivity contribution in [1.82, 2.24) is 4.72 Å². The van der Waals surface area contributed by atoms with E-state index in [1.807, 2.05) is 30.0 Å². The smallest absolute Gasteiger partial charge is 0.350 e. The lowest BCUT2D eigenvalue weighted by molar-refractivity contribution is -0.136. The number of carboxylic acids is 2. The van der Waals surface area contributed by atoms with Crippen molar-refractivity contribution in [2.75, 3.05) is 36.0 Å². The Hall–Kier alpha value is -3.48. The molecule has 3 N–H and O–H groups in total. The second-order valence-corrected chi connectivity index (χ2v) is 10.8. The predicted octanol–water partition coefficient (Wildman–Crippen LogP) is 3.41. The van der Waals surface area contributed by atoms with Crippen LogP contribution in [0.1, 0.15) is 31.7 Å². The Balaban J connectivity index is 1.69. The van der Waals surface area contributed by atoms with Crippen LogP contribution in [0.15, 0.2) is 52.4 Å².